The second kappa shape index (κ2) is 18.8. The third kappa shape index (κ3) is 18.5. The molecule has 0 heterocycles. The van der Waals surface area contributed by atoms with Crippen LogP contribution in [0.2, 0.25) is 0 Å². The largest absolute Gasteiger partial charge is 0.456 e. The maximum absolute atomic E-state index is 13.0. The summed E-state index contributed by atoms with van der Waals surface area (Å²) in [5, 5.41) is 0. The minimum atomic E-state index is -3.96. The Morgan fingerprint density at radius 1 is 0.604 bits per heavy atom. The predicted molar refractivity (Wildman–Crippen MR) is 210 cm³/mol. The fourth-order valence-corrected chi connectivity index (χ4v) is 6.81. The molecule has 0 amide bonds. The minimum absolute atomic E-state index is 0.0750. The maximum Gasteiger partial charge on any atom is 0.333 e. The van der Waals surface area contributed by atoms with Crippen molar-refractivity contribution in [3.63, 3.8) is 0 Å². The number of hydrogen-bond acceptors (Lipinski definition) is 10. The van der Waals surface area contributed by atoms with Crippen molar-refractivity contribution in [2.45, 2.75) is 174 Å². The number of ether oxygens (including phenoxy) is 5. The number of esters is 2. The summed E-state index contributed by atoms with van der Waals surface area (Å²) < 4.78 is 62.4. The zero-order chi connectivity index (χ0) is 41.3. The molecule has 1 rings (SSSR count). The lowest BCUT2D eigenvalue weighted by molar-refractivity contribution is -0.160. The van der Waals surface area contributed by atoms with Crippen LogP contribution < -0.4 is 0 Å². The summed E-state index contributed by atoms with van der Waals surface area (Å²) in [6, 6.07) is 6.57. The van der Waals surface area contributed by atoms with Crippen molar-refractivity contribution in [3.8, 4) is 0 Å². The van der Waals surface area contributed by atoms with Crippen molar-refractivity contribution in [3.05, 3.63) is 54.1 Å². The van der Waals surface area contributed by atoms with E-state index >= 15 is 0 Å². The summed E-state index contributed by atoms with van der Waals surface area (Å²) in [7, 11) is -3.96. The van der Waals surface area contributed by atoms with Crippen LogP contribution >= 0.6 is 0 Å². The van der Waals surface area contributed by atoms with Crippen LogP contribution in [0.15, 0.2) is 53.5 Å². The van der Waals surface area contributed by atoms with Gasteiger partial charge in [-0.2, -0.15) is 8.42 Å². The van der Waals surface area contributed by atoms with Gasteiger partial charge in [-0.25, -0.2) is 9.59 Å². The van der Waals surface area contributed by atoms with E-state index in [-0.39, 0.29) is 17.4 Å². The first-order valence-electron chi connectivity index (χ1n) is 18.5. The van der Waals surface area contributed by atoms with Gasteiger partial charge in [0.15, 0.2) is 0 Å². The fourth-order valence-electron chi connectivity index (χ4n) is 5.56. The fraction of sp³-hybridized carbons (Fsp3) is 0.714. The van der Waals surface area contributed by atoms with Crippen LogP contribution in [-0.4, -0.2) is 73.8 Å². The summed E-state index contributed by atoms with van der Waals surface area (Å²) in [4.78, 5) is 24.5. The standard InChI is InChI=1S/C42H70O10S/c1-30(2)35(43)50-37(6,7)22-25-47-40(12,13)28-33(42(16,17)49-27-23-38(8,9)51-36(44)31(3)4)29-41(14,15)48-26-24-39(10,11)52-53(45,46)34-20-18-32(5)19-21-34/h18-21,33H,1,3,22-29H2,2,4-17H3. The van der Waals surface area contributed by atoms with Gasteiger partial charge in [0, 0.05) is 30.4 Å². The zero-order valence-corrected chi connectivity index (χ0v) is 36.3. The average Bonchev–Trinajstić information content (AvgIpc) is 2.94. The highest BCUT2D eigenvalue weighted by Crippen LogP contribution is 2.39. The summed E-state index contributed by atoms with van der Waals surface area (Å²) in [5.74, 6) is -0.950. The zero-order valence-electron chi connectivity index (χ0n) is 35.4. The van der Waals surface area contributed by atoms with E-state index in [0.29, 0.717) is 56.5 Å². The maximum atomic E-state index is 13.0. The quantitative estimate of drug-likeness (QED) is 0.0572. The molecule has 0 aromatic heterocycles. The second-order valence-corrected chi connectivity index (χ2v) is 19.5. The summed E-state index contributed by atoms with van der Waals surface area (Å²) in [6.45, 7) is 36.5. The van der Waals surface area contributed by atoms with E-state index in [1.165, 1.54) is 0 Å². The number of benzene rings is 1. The summed E-state index contributed by atoms with van der Waals surface area (Å²) >= 11 is 0. The topological polar surface area (TPSA) is 124 Å². The summed E-state index contributed by atoms with van der Waals surface area (Å²) in [6.07, 6.45) is 2.50. The Balaban J connectivity index is 3.11. The lowest BCUT2D eigenvalue weighted by atomic mass is 9.76. The van der Waals surface area contributed by atoms with Gasteiger partial charge >= 0.3 is 11.9 Å². The van der Waals surface area contributed by atoms with Gasteiger partial charge in [0.1, 0.15) is 11.2 Å². The Kier molecular flexibility index (Phi) is 17.2. The third-order valence-electron chi connectivity index (χ3n) is 9.11. The van der Waals surface area contributed by atoms with E-state index in [2.05, 4.69) is 13.2 Å². The van der Waals surface area contributed by atoms with Crippen molar-refractivity contribution >= 4 is 22.1 Å². The molecule has 11 heteroatoms. The van der Waals surface area contributed by atoms with E-state index in [1.807, 2.05) is 76.2 Å². The first-order chi connectivity index (χ1) is 23.8. The molecule has 0 radical (unpaired) electrons. The van der Waals surface area contributed by atoms with E-state index in [0.717, 1.165) is 5.56 Å². The Morgan fingerprint density at radius 2 is 0.962 bits per heavy atom. The number of rotatable bonds is 24. The molecule has 53 heavy (non-hydrogen) atoms. The van der Waals surface area contributed by atoms with Gasteiger partial charge in [-0.3, -0.25) is 4.18 Å². The molecule has 0 saturated carbocycles. The highest BCUT2D eigenvalue weighted by molar-refractivity contribution is 7.86. The molecule has 0 bridgehead atoms. The normalized spacial score (nSPS) is 14.1. The van der Waals surface area contributed by atoms with Crippen LogP contribution in [0.4, 0.5) is 0 Å². The molecule has 0 aliphatic heterocycles. The van der Waals surface area contributed by atoms with Crippen molar-refractivity contribution in [1.82, 2.24) is 0 Å². The Morgan fingerprint density at radius 3 is 1.34 bits per heavy atom. The first-order valence-corrected chi connectivity index (χ1v) is 19.9. The third-order valence-corrected chi connectivity index (χ3v) is 10.6. The van der Waals surface area contributed by atoms with E-state index < -0.39 is 55.7 Å². The van der Waals surface area contributed by atoms with Crippen molar-refractivity contribution < 1.29 is 45.9 Å². The van der Waals surface area contributed by atoms with Gasteiger partial charge in [0.2, 0.25) is 0 Å². The predicted octanol–water partition coefficient (Wildman–Crippen LogP) is 9.23. The molecule has 10 nitrogen and oxygen atoms in total. The molecule has 1 atom stereocenters. The summed E-state index contributed by atoms with van der Waals surface area (Å²) in [5.41, 5.74) is -2.75. The molecule has 0 aliphatic carbocycles. The van der Waals surface area contributed by atoms with E-state index in [9.17, 15) is 18.0 Å². The van der Waals surface area contributed by atoms with Crippen LogP contribution in [0.1, 0.15) is 135 Å². The Bertz CT molecular complexity index is 1500. The van der Waals surface area contributed by atoms with Crippen LogP contribution in [0.25, 0.3) is 0 Å². The smallest absolute Gasteiger partial charge is 0.333 e. The monoisotopic (exact) mass is 766 g/mol. The molecule has 0 N–H and O–H groups in total. The molecule has 1 aromatic rings. The lowest BCUT2D eigenvalue weighted by Gasteiger charge is -2.43. The van der Waals surface area contributed by atoms with Crippen LogP contribution in [0.5, 0.6) is 0 Å². The van der Waals surface area contributed by atoms with E-state index in [1.54, 1.807) is 52.0 Å². The van der Waals surface area contributed by atoms with Crippen LogP contribution in [-0.2, 0) is 47.6 Å². The van der Waals surface area contributed by atoms with Crippen LogP contribution in [0.3, 0.4) is 0 Å². The first kappa shape index (κ1) is 48.4. The molecule has 304 valence electrons. The molecular weight excluding hydrogens is 697 g/mol. The number of aryl methyl sites for hydroxylation is 1. The molecule has 0 saturated heterocycles. The Hall–Kier alpha value is -2.57. The van der Waals surface area contributed by atoms with Crippen molar-refractivity contribution in [1.29, 1.82) is 0 Å². The van der Waals surface area contributed by atoms with Crippen molar-refractivity contribution in [2.75, 3.05) is 19.8 Å². The lowest BCUT2D eigenvalue weighted by Crippen LogP contribution is -2.45. The van der Waals surface area contributed by atoms with Gasteiger partial charge < -0.3 is 23.7 Å². The van der Waals surface area contributed by atoms with Gasteiger partial charge in [-0.15, -0.1) is 0 Å². The van der Waals surface area contributed by atoms with Crippen molar-refractivity contribution in [2.24, 2.45) is 5.92 Å². The highest BCUT2D eigenvalue weighted by atomic mass is 32.2. The molecular formula is C42H70O10S. The minimum Gasteiger partial charge on any atom is -0.456 e. The molecule has 0 aliphatic rings. The number of carbonyl (C=O) groups excluding carboxylic acids is 2. The number of hydrogen-bond donors (Lipinski definition) is 0. The SMILES string of the molecule is C=C(C)C(=O)OC(C)(C)CCOC(C)(C)CC(CC(C)(C)OCCC(C)(C)OS(=O)(=O)c1ccc(C)cc1)C(C)(C)OCCC(C)(C)OC(=O)C(=C)C. The van der Waals surface area contributed by atoms with Gasteiger partial charge in [0.05, 0.1) is 47.1 Å². The van der Waals surface area contributed by atoms with Gasteiger partial charge in [-0.1, -0.05) is 30.9 Å². The molecule has 0 fully saturated rings. The second-order valence-electron chi connectivity index (χ2n) is 18.0. The average molecular weight is 767 g/mol. The molecule has 0 spiro atoms. The van der Waals surface area contributed by atoms with Gasteiger partial charge in [-0.05, 0) is 135 Å². The van der Waals surface area contributed by atoms with Gasteiger partial charge in [0.25, 0.3) is 10.1 Å². The van der Waals surface area contributed by atoms with E-state index in [4.69, 9.17) is 27.9 Å². The Labute approximate surface area is 321 Å². The van der Waals surface area contributed by atoms with Crippen LogP contribution in [0, 0.1) is 12.8 Å². The number of carbonyl (C=O) groups is 2. The molecule has 1 unspecified atom stereocenters. The molecule has 1 aromatic carbocycles. The highest BCUT2D eigenvalue weighted by Gasteiger charge is 2.40.